The van der Waals surface area contributed by atoms with Crippen molar-refractivity contribution in [3.63, 3.8) is 0 Å². The molecule has 4 rings (SSSR count). The summed E-state index contributed by atoms with van der Waals surface area (Å²) in [5, 5.41) is 0. The second kappa shape index (κ2) is 8.93. The molecule has 0 aromatic heterocycles. The van der Waals surface area contributed by atoms with Gasteiger partial charge in [0.25, 0.3) is 0 Å². The number of hydrogen-bond acceptors (Lipinski definition) is 2. The fourth-order valence-corrected chi connectivity index (χ4v) is 4.70. The van der Waals surface area contributed by atoms with Crippen LogP contribution in [-0.4, -0.2) is 13.2 Å². The Morgan fingerprint density at radius 1 is 0.828 bits per heavy atom. The van der Waals surface area contributed by atoms with Crippen LogP contribution in [0.1, 0.15) is 56.4 Å². The van der Waals surface area contributed by atoms with Gasteiger partial charge in [-0.1, -0.05) is 50.5 Å². The van der Waals surface area contributed by atoms with E-state index in [4.69, 9.17) is 9.47 Å². The normalized spacial score (nSPS) is 27.7. The molecule has 0 spiro atoms. The van der Waals surface area contributed by atoms with E-state index in [1.165, 1.54) is 51.2 Å². The first-order valence-corrected chi connectivity index (χ1v) is 10.8. The summed E-state index contributed by atoms with van der Waals surface area (Å²) in [6, 6.07) is 10.3. The van der Waals surface area contributed by atoms with Crippen LogP contribution in [0.25, 0.3) is 11.1 Å². The molecule has 2 fully saturated rings. The largest absolute Gasteiger partial charge is 0.348 e. The number of hydrogen-bond donors (Lipinski definition) is 0. The van der Waals surface area contributed by atoms with Gasteiger partial charge in [0, 0.05) is 17.0 Å². The van der Waals surface area contributed by atoms with Crippen LogP contribution in [0.15, 0.2) is 36.4 Å². The van der Waals surface area contributed by atoms with E-state index in [0.29, 0.717) is 17.4 Å². The molecule has 29 heavy (non-hydrogen) atoms. The van der Waals surface area contributed by atoms with Gasteiger partial charge in [-0.25, -0.2) is 8.78 Å². The number of benzene rings is 2. The molecule has 0 bridgehead atoms. The quantitative estimate of drug-likeness (QED) is 0.561. The summed E-state index contributed by atoms with van der Waals surface area (Å²) in [6.07, 6.45) is 6.19. The molecule has 1 aliphatic carbocycles. The highest BCUT2D eigenvalue weighted by molar-refractivity contribution is 5.64. The zero-order valence-corrected chi connectivity index (χ0v) is 17.3. The lowest BCUT2D eigenvalue weighted by Gasteiger charge is -2.37. The summed E-state index contributed by atoms with van der Waals surface area (Å²) < 4.78 is 39.8. The average molecular weight is 401 g/mol. The van der Waals surface area contributed by atoms with Crippen LogP contribution in [0.3, 0.4) is 0 Å². The Hall–Kier alpha value is -1.78. The van der Waals surface area contributed by atoms with Crippen LogP contribution in [0.4, 0.5) is 8.78 Å². The first-order chi connectivity index (χ1) is 14.0. The maximum absolute atomic E-state index is 13.8. The highest BCUT2D eigenvalue weighted by Crippen LogP contribution is 2.38. The molecule has 0 unspecified atom stereocenters. The van der Waals surface area contributed by atoms with Gasteiger partial charge in [0.05, 0.1) is 13.2 Å². The Morgan fingerprint density at radius 3 is 1.97 bits per heavy atom. The lowest BCUT2D eigenvalue weighted by molar-refractivity contribution is -0.214. The molecule has 2 aromatic carbocycles. The van der Waals surface area contributed by atoms with Gasteiger partial charge in [-0.2, -0.15) is 0 Å². The number of halogens is 2. The molecule has 0 atom stereocenters. The Bertz CT molecular complexity index is 794. The summed E-state index contributed by atoms with van der Waals surface area (Å²) in [5.41, 5.74) is 2.29. The van der Waals surface area contributed by atoms with Crippen molar-refractivity contribution in [3.8, 4) is 11.1 Å². The Kier molecular flexibility index (Phi) is 6.31. The van der Waals surface area contributed by atoms with Crippen molar-refractivity contribution in [2.45, 2.75) is 52.2 Å². The van der Waals surface area contributed by atoms with Crippen LogP contribution in [0.2, 0.25) is 0 Å². The second-order valence-electron chi connectivity index (χ2n) is 8.63. The van der Waals surface area contributed by atoms with Crippen LogP contribution in [0, 0.1) is 36.3 Å². The van der Waals surface area contributed by atoms with Crippen LogP contribution in [0.5, 0.6) is 0 Å². The highest BCUT2D eigenvalue weighted by atomic mass is 19.1. The molecule has 0 radical (unpaired) electrons. The van der Waals surface area contributed by atoms with Crippen molar-refractivity contribution in [2.24, 2.45) is 17.8 Å². The maximum atomic E-state index is 13.8. The second-order valence-corrected chi connectivity index (χ2v) is 8.63. The van der Waals surface area contributed by atoms with Crippen molar-refractivity contribution in [2.75, 3.05) is 13.2 Å². The lowest BCUT2D eigenvalue weighted by Crippen LogP contribution is -2.34. The lowest BCUT2D eigenvalue weighted by atomic mass is 9.75. The number of rotatable bonds is 4. The van der Waals surface area contributed by atoms with E-state index in [9.17, 15) is 8.78 Å². The average Bonchev–Trinajstić information content (AvgIpc) is 2.77. The van der Waals surface area contributed by atoms with Gasteiger partial charge >= 0.3 is 0 Å². The van der Waals surface area contributed by atoms with E-state index in [2.05, 4.69) is 6.92 Å². The Labute approximate surface area is 172 Å². The van der Waals surface area contributed by atoms with Crippen molar-refractivity contribution in [1.82, 2.24) is 0 Å². The van der Waals surface area contributed by atoms with Gasteiger partial charge in [-0.15, -0.1) is 0 Å². The summed E-state index contributed by atoms with van der Waals surface area (Å²) >= 11 is 0. The summed E-state index contributed by atoms with van der Waals surface area (Å²) in [4.78, 5) is 0. The van der Waals surface area contributed by atoms with Crippen molar-refractivity contribution in [3.05, 3.63) is 59.2 Å². The Morgan fingerprint density at radius 2 is 1.41 bits per heavy atom. The minimum atomic E-state index is -0.526. The fourth-order valence-electron chi connectivity index (χ4n) is 4.70. The van der Waals surface area contributed by atoms with Gasteiger partial charge < -0.3 is 9.47 Å². The maximum Gasteiger partial charge on any atom is 0.183 e. The molecule has 2 aromatic rings. The van der Waals surface area contributed by atoms with E-state index in [1.54, 1.807) is 0 Å². The molecule has 4 heteroatoms. The standard InChI is InChI=1S/C25H30F2O2/c1-3-17-4-6-19(7-5-17)22-14-28-25(29-15-22)20-10-8-18(9-11-20)21-12-23(26)16(2)24(27)13-21/h8-13,17,19,22,25H,3-7,14-15H2,1-2H3. The molecular weight excluding hydrogens is 370 g/mol. The van der Waals surface area contributed by atoms with Crippen LogP contribution < -0.4 is 0 Å². The van der Waals surface area contributed by atoms with E-state index >= 15 is 0 Å². The van der Waals surface area contributed by atoms with E-state index in [1.807, 2.05) is 24.3 Å². The third-order valence-corrected chi connectivity index (χ3v) is 6.86. The van der Waals surface area contributed by atoms with Gasteiger partial charge in [0.15, 0.2) is 6.29 Å². The van der Waals surface area contributed by atoms with E-state index < -0.39 is 11.6 Å². The topological polar surface area (TPSA) is 18.5 Å². The molecule has 2 nitrogen and oxygen atoms in total. The molecule has 1 saturated heterocycles. The molecule has 1 aliphatic heterocycles. The van der Waals surface area contributed by atoms with Gasteiger partial charge in [0.2, 0.25) is 0 Å². The summed E-state index contributed by atoms with van der Waals surface area (Å²) in [6.45, 7) is 5.21. The monoisotopic (exact) mass is 400 g/mol. The molecular formula is C25H30F2O2. The molecule has 156 valence electrons. The van der Waals surface area contributed by atoms with Gasteiger partial charge in [0.1, 0.15) is 11.6 Å². The number of ether oxygens (including phenoxy) is 2. The van der Waals surface area contributed by atoms with Crippen LogP contribution >= 0.6 is 0 Å². The predicted octanol–water partition coefficient (Wildman–Crippen LogP) is 6.82. The summed E-state index contributed by atoms with van der Waals surface area (Å²) in [5.74, 6) is 1.05. The minimum Gasteiger partial charge on any atom is -0.348 e. The molecule has 1 heterocycles. The molecule has 1 saturated carbocycles. The summed E-state index contributed by atoms with van der Waals surface area (Å²) in [7, 11) is 0. The van der Waals surface area contributed by atoms with Crippen molar-refractivity contribution < 1.29 is 18.3 Å². The molecule has 0 amide bonds. The predicted molar refractivity (Wildman–Crippen MR) is 110 cm³/mol. The van der Waals surface area contributed by atoms with Crippen molar-refractivity contribution >= 4 is 0 Å². The van der Waals surface area contributed by atoms with E-state index in [0.717, 1.165) is 30.3 Å². The zero-order valence-electron chi connectivity index (χ0n) is 17.3. The third kappa shape index (κ3) is 4.54. The zero-order chi connectivity index (χ0) is 20.4. The SMILES string of the molecule is CCC1CCC(C2COC(c3ccc(-c4cc(F)c(C)c(F)c4)cc3)OC2)CC1. The minimum absolute atomic E-state index is 0.0483. The fraction of sp³-hybridized carbons (Fsp3) is 0.520. The molecule has 2 aliphatic rings. The first kappa shape index (κ1) is 20.5. The van der Waals surface area contributed by atoms with Crippen LogP contribution in [-0.2, 0) is 9.47 Å². The van der Waals surface area contributed by atoms with Gasteiger partial charge in [-0.3, -0.25) is 0 Å². The Balaban J connectivity index is 1.36. The molecule has 0 N–H and O–H groups in total. The first-order valence-electron chi connectivity index (χ1n) is 10.8. The highest BCUT2D eigenvalue weighted by Gasteiger charge is 2.32. The van der Waals surface area contributed by atoms with Gasteiger partial charge in [-0.05, 0) is 54.9 Å². The van der Waals surface area contributed by atoms with E-state index in [-0.39, 0.29) is 11.9 Å². The smallest absolute Gasteiger partial charge is 0.183 e. The third-order valence-electron chi connectivity index (χ3n) is 6.86. The van der Waals surface area contributed by atoms with Crippen molar-refractivity contribution in [1.29, 1.82) is 0 Å².